The second-order valence-corrected chi connectivity index (χ2v) is 5.15. The van der Waals surface area contributed by atoms with Crippen LogP contribution in [-0.4, -0.2) is 41.7 Å². The number of aromatic hydroxyl groups is 1. The minimum absolute atomic E-state index is 0.0156. The van der Waals surface area contributed by atoms with Crippen molar-refractivity contribution in [1.82, 2.24) is 4.90 Å². The average Bonchev–Trinajstić information content (AvgIpc) is 2.38. The highest BCUT2D eigenvalue weighted by Crippen LogP contribution is 2.26. The maximum Gasteiger partial charge on any atom is 0.256 e. The monoisotopic (exact) mass is 267 g/mol. The number of rotatable bonds is 2. The number of likely N-dealkylation sites (tertiary alicyclic amines) is 1. The molecule has 4 nitrogen and oxygen atoms in total. The van der Waals surface area contributed by atoms with E-state index in [9.17, 15) is 9.18 Å². The van der Waals surface area contributed by atoms with Crippen molar-refractivity contribution in [3.8, 4) is 5.75 Å². The molecule has 1 heterocycles. The fraction of sp³-hybridized carbons (Fsp3) is 0.500. The van der Waals surface area contributed by atoms with Crippen LogP contribution in [0.3, 0.4) is 0 Å². The number of phenols is 1. The van der Waals surface area contributed by atoms with Gasteiger partial charge in [0.2, 0.25) is 0 Å². The SMILES string of the molecule is COC1(C)CCCN(C(=O)c2ccc(O)cc2F)C1. The Labute approximate surface area is 111 Å². The quantitative estimate of drug-likeness (QED) is 0.893. The van der Waals surface area contributed by atoms with Gasteiger partial charge < -0.3 is 14.7 Å². The standard InChI is InChI=1S/C14H18FNO3/c1-14(19-2)6-3-7-16(9-14)13(18)11-5-4-10(17)8-12(11)15/h4-5,8,17H,3,6-7,9H2,1-2H3. The fourth-order valence-electron chi connectivity index (χ4n) is 2.39. The number of phenolic OH excluding ortho intramolecular Hbond substituents is 1. The average molecular weight is 267 g/mol. The number of amides is 1. The van der Waals surface area contributed by atoms with E-state index in [2.05, 4.69) is 0 Å². The Morgan fingerprint density at radius 2 is 2.26 bits per heavy atom. The van der Waals surface area contributed by atoms with E-state index >= 15 is 0 Å². The summed E-state index contributed by atoms with van der Waals surface area (Å²) in [5.41, 5.74) is -0.389. The van der Waals surface area contributed by atoms with E-state index in [1.165, 1.54) is 12.1 Å². The van der Waals surface area contributed by atoms with Crippen molar-refractivity contribution < 1.29 is 19.0 Å². The fourth-order valence-corrected chi connectivity index (χ4v) is 2.39. The van der Waals surface area contributed by atoms with Crippen LogP contribution < -0.4 is 0 Å². The molecule has 5 heteroatoms. The summed E-state index contributed by atoms with van der Waals surface area (Å²) in [6.45, 7) is 2.99. The van der Waals surface area contributed by atoms with Gasteiger partial charge in [0.25, 0.3) is 5.91 Å². The van der Waals surface area contributed by atoms with Crippen LogP contribution in [0.2, 0.25) is 0 Å². The number of nitrogens with zero attached hydrogens (tertiary/aromatic N) is 1. The molecule has 0 radical (unpaired) electrons. The molecule has 0 aliphatic carbocycles. The van der Waals surface area contributed by atoms with Crippen molar-refractivity contribution >= 4 is 5.91 Å². The number of piperidine rings is 1. The van der Waals surface area contributed by atoms with Crippen LogP contribution in [0.25, 0.3) is 0 Å². The molecule has 1 aliphatic heterocycles. The lowest BCUT2D eigenvalue weighted by Gasteiger charge is -2.39. The molecule has 104 valence electrons. The van der Waals surface area contributed by atoms with Gasteiger partial charge in [-0.05, 0) is 31.9 Å². The van der Waals surface area contributed by atoms with Crippen molar-refractivity contribution in [2.45, 2.75) is 25.4 Å². The number of methoxy groups -OCH3 is 1. The molecule has 19 heavy (non-hydrogen) atoms. The highest BCUT2D eigenvalue weighted by atomic mass is 19.1. The zero-order valence-corrected chi connectivity index (χ0v) is 11.1. The third kappa shape index (κ3) is 2.87. The highest BCUT2D eigenvalue weighted by Gasteiger charge is 2.33. The number of ether oxygens (including phenoxy) is 1. The molecule has 0 bridgehead atoms. The van der Waals surface area contributed by atoms with Gasteiger partial charge in [0, 0.05) is 26.3 Å². The molecule has 2 rings (SSSR count). The van der Waals surface area contributed by atoms with Gasteiger partial charge in [-0.2, -0.15) is 0 Å². The third-order valence-electron chi connectivity index (χ3n) is 3.62. The van der Waals surface area contributed by atoms with Crippen molar-refractivity contribution in [2.75, 3.05) is 20.2 Å². The molecule has 1 amide bonds. The third-order valence-corrected chi connectivity index (χ3v) is 3.62. The molecule has 1 aromatic rings. The van der Waals surface area contributed by atoms with Crippen molar-refractivity contribution in [2.24, 2.45) is 0 Å². The first-order chi connectivity index (χ1) is 8.95. The predicted octanol–water partition coefficient (Wildman–Crippen LogP) is 2.17. The molecule has 1 saturated heterocycles. The molecule has 1 aromatic carbocycles. The number of carbonyl (C=O) groups is 1. The van der Waals surface area contributed by atoms with Gasteiger partial charge in [-0.25, -0.2) is 4.39 Å². The van der Waals surface area contributed by atoms with Gasteiger partial charge >= 0.3 is 0 Å². The molecule has 1 aliphatic rings. The second kappa shape index (κ2) is 5.17. The first-order valence-electron chi connectivity index (χ1n) is 6.28. The van der Waals surface area contributed by atoms with E-state index in [4.69, 9.17) is 9.84 Å². The van der Waals surface area contributed by atoms with E-state index in [0.29, 0.717) is 13.1 Å². The van der Waals surface area contributed by atoms with Crippen LogP contribution in [0, 0.1) is 5.82 Å². The van der Waals surface area contributed by atoms with Crippen molar-refractivity contribution in [3.63, 3.8) is 0 Å². The topological polar surface area (TPSA) is 49.8 Å². The van der Waals surface area contributed by atoms with Crippen LogP contribution in [0.4, 0.5) is 4.39 Å². The minimum Gasteiger partial charge on any atom is -0.508 e. The molecule has 0 spiro atoms. The van der Waals surface area contributed by atoms with Gasteiger partial charge in [-0.3, -0.25) is 4.79 Å². The summed E-state index contributed by atoms with van der Waals surface area (Å²) in [7, 11) is 1.62. The van der Waals surface area contributed by atoms with Gasteiger partial charge in [-0.1, -0.05) is 0 Å². The van der Waals surface area contributed by atoms with E-state index in [1.54, 1.807) is 12.0 Å². The summed E-state index contributed by atoms with van der Waals surface area (Å²) in [6.07, 6.45) is 1.71. The summed E-state index contributed by atoms with van der Waals surface area (Å²) in [6, 6.07) is 3.58. The van der Waals surface area contributed by atoms with Gasteiger partial charge in [-0.15, -0.1) is 0 Å². The molecule has 1 unspecified atom stereocenters. The summed E-state index contributed by atoms with van der Waals surface area (Å²) in [5.74, 6) is -1.25. The lowest BCUT2D eigenvalue weighted by Crippen LogP contribution is -2.49. The van der Waals surface area contributed by atoms with Gasteiger partial charge in [0.1, 0.15) is 11.6 Å². The Morgan fingerprint density at radius 3 is 2.89 bits per heavy atom. The van der Waals surface area contributed by atoms with E-state index in [-0.39, 0.29) is 22.8 Å². The summed E-state index contributed by atoms with van der Waals surface area (Å²) in [4.78, 5) is 13.9. The summed E-state index contributed by atoms with van der Waals surface area (Å²) < 4.78 is 19.1. The normalized spacial score (nSPS) is 23.4. The minimum atomic E-state index is -0.699. The zero-order valence-electron chi connectivity index (χ0n) is 11.1. The maximum atomic E-state index is 13.7. The summed E-state index contributed by atoms with van der Waals surface area (Å²) >= 11 is 0. The van der Waals surface area contributed by atoms with E-state index in [0.717, 1.165) is 18.9 Å². The number of hydrogen-bond donors (Lipinski definition) is 1. The van der Waals surface area contributed by atoms with Gasteiger partial charge in [0.15, 0.2) is 0 Å². The Morgan fingerprint density at radius 1 is 1.53 bits per heavy atom. The zero-order chi connectivity index (χ0) is 14.0. The molecule has 1 fully saturated rings. The maximum absolute atomic E-state index is 13.7. The number of halogens is 1. The Bertz CT molecular complexity index is 492. The second-order valence-electron chi connectivity index (χ2n) is 5.15. The van der Waals surface area contributed by atoms with Crippen LogP contribution >= 0.6 is 0 Å². The van der Waals surface area contributed by atoms with Crippen LogP contribution in [0.5, 0.6) is 5.75 Å². The van der Waals surface area contributed by atoms with E-state index in [1.807, 2.05) is 6.92 Å². The molecule has 1 atom stereocenters. The Balaban J connectivity index is 2.19. The van der Waals surface area contributed by atoms with Crippen LogP contribution in [0.15, 0.2) is 18.2 Å². The first-order valence-corrected chi connectivity index (χ1v) is 6.28. The van der Waals surface area contributed by atoms with Crippen LogP contribution in [0.1, 0.15) is 30.1 Å². The van der Waals surface area contributed by atoms with Crippen molar-refractivity contribution in [3.05, 3.63) is 29.6 Å². The summed E-state index contributed by atoms with van der Waals surface area (Å²) in [5, 5.41) is 9.17. The predicted molar refractivity (Wildman–Crippen MR) is 68.6 cm³/mol. The van der Waals surface area contributed by atoms with Crippen molar-refractivity contribution in [1.29, 1.82) is 0 Å². The lowest BCUT2D eigenvalue weighted by molar-refractivity contribution is -0.0441. The van der Waals surface area contributed by atoms with Gasteiger partial charge in [0.05, 0.1) is 11.2 Å². The Hall–Kier alpha value is -1.62. The number of benzene rings is 1. The first kappa shape index (κ1) is 13.8. The largest absolute Gasteiger partial charge is 0.508 e. The lowest BCUT2D eigenvalue weighted by atomic mass is 9.94. The molecule has 0 aromatic heterocycles. The Kier molecular flexibility index (Phi) is 3.75. The highest BCUT2D eigenvalue weighted by molar-refractivity contribution is 5.94. The molecular weight excluding hydrogens is 249 g/mol. The van der Waals surface area contributed by atoms with E-state index < -0.39 is 5.82 Å². The van der Waals surface area contributed by atoms with Crippen LogP contribution in [-0.2, 0) is 4.74 Å². The smallest absolute Gasteiger partial charge is 0.256 e. The molecule has 0 saturated carbocycles. The number of hydrogen-bond acceptors (Lipinski definition) is 3. The molecular formula is C14H18FNO3. The molecule has 1 N–H and O–H groups in total. The number of carbonyl (C=O) groups excluding carboxylic acids is 1.